The number of anilines is 1. The highest BCUT2D eigenvalue weighted by Crippen LogP contribution is 2.37. The number of ether oxygens (including phenoxy) is 3. The third-order valence-electron chi connectivity index (χ3n) is 3.48. The van der Waals surface area contributed by atoms with E-state index in [4.69, 9.17) is 14.2 Å². The van der Waals surface area contributed by atoms with Crippen molar-refractivity contribution in [2.75, 3.05) is 25.1 Å². The number of nitrogens with one attached hydrogen (secondary N) is 1. The molecule has 0 spiro atoms. The zero-order chi connectivity index (χ0) is 18.1. The molecule has 2 aromatic carbocycles. The fraction of sp³-hybridized carbons (Fsp3) is 0.400. The number of halogens is 1. The molecule has 1 N–H and O–H groups in total. The smallest absolute Gasteiger partial charge is 0.175 e. The highest BCUT2D eigenvalue weighted by molar-refractivity contribution is 9.10. The summed E-state index contributed by atoms with van der Waals surface area (Å²) in [6, 6.07) is 12.1. The van der Waals surface area contributed by atoms with Crippen LogP contribution in [0.4, 0.5) is 5.69 Å². The first-order chi connectivity index (χ1) is 12.2. The zero-order valence-electron chi connectivity index (χ0n) is 15.1. The van der Waals surface area contributed by atoms with E-state index in [0.717, 1.165) is 39.4 Å². The van der Waals surface area contributed by atoms with Crippen molar-refractivity contribution in [3.05, 3.63) is 46.4 Å². The van der Waals surface area contributed by atoms with Crippen molar-refractivity contribution in [2.45, 2.75) is 33.7 Å². The van der Waals surface area contributed by atoms with Crippen molar-refractivity contribution in [3.63, 3.8) is 0 Å². The molecule has 0 aliphatic carbocycles. The van der Waals surface area contributed by atoms with Crippen molar-refractivity contribution in [1.82, 2.24) is 0 Å². The van der Waals surface area contributed by atoms with Crippen LogP contribution in [0.2, 0.25) is 0 Å². The molecule has 0 heterocycles. The van der Waals surface area contributed by atoms with E-state index in [1.54, 1.807) is 0 Å². The predicted molar refractivity (Wildman–Crippen MR) is 106 cm³/mol. The molecule has 0 unspecified atom stereocenters. The monoisotopic (exact) mass is 407 g/mol. The first-order valence-corrected chi connectivity index (χ1v) is 9.51. The highest BCUT2D eigenvalue weighted by Gasteiger charge is 2.12. The van der Waals surface area contributed by atoms with Gasteiger partial charge in [-0.3, -0.25) is 0 Å². The van der Waals surface area contributed by atoms with Crippen LogP contribution in [0.15, 0.2) is 40.9 Å². The van der Waals surface area contributed by atoms with Gasteiger partial charge in [0.05, 0.1) is 24.3 Å². The lowest BCUT2D eigenvalue weighted by atomic mass is 10.2. The van der Waals surface area contributed by atoms with Gasteiger partial charge in [-0.2, -0.15) is 0 Å². The van der Waals surface area contributed by atoms with Crippen LogP contribution in [0.3, 0.4) is 0 Å². The van der Waals surface area contributed by atoms with Crippen molar-refractivity contribution >= 4 is 21.6 Å². The summed E-state index contributed by atoms with van der Waals surface area (Å²) in [6.07, 6.45) is 0.957. The highest BCUT2D eigenvalue weighted by atomic mass is 79.9. The molecule has 0 saturated heterocycles. The Balaban J connectivity index is 2.08. The largest absolute Gasteiger partial charge is 0.494 e. The third-order valence-corrected chi connectivity index (χ3v) is 4.07. The molecule has 0 amide bonds. The summed E-state index contributed by atoms with van der Waals surface area (Å²) in [7, 11) is 0. The fourth-order valence-corrected chi connectivity index (χ4v) is 2.97. The molecule has 4 nitrogen and oxygen atoms in total. The van der Waals surface area contributed by atoms with E-state index in [1.165, 1.54) is 0 Å². The summed E-state index contributed by atoms with van der Waals surface area (Å²) < 4.78 is 17.9. The molecule has 0 saturated carbocycles. The van der Waals surface area contributed by atoms with Crippen LogP contribution in [0.5, 0.6) is 17.2 Å². The van der Waals surface area contributed by atoms with Gasteiger partial charge in [-0.25, -0.2) is 0 Å². The van der Waals surface area contributed by atoms with Gasteiger partial charge in [-0.1, -0.05) is 6.92 Å². The Morgan fingerprint density at radius 3 is 2.28 bits per heavy atom. The summed E-state index contributed by atoms with van der Waals surface area (Å²) in [5, 5.41) is 3.42. The minimum absolute atomic E-state index is 0.602. The van der Waals surface area contributed by atoms with Gasteiger partial charge in [-0.15, -0.1) is 0 Å². The molecule has 25 heavy (non-hydrogen) atoms. The molecule has 0 bridgehead atoms. The molecule has 5 heteroatoms. The van der Waals surface area contributed by atoms with Gasteiger partial charge in [0.1, 0.15) is 5.75 Å². The molecule has 2 aromatic rings. The molecular formula is C20H26BrNO3. The van der Waals surface area contributed by atoms with Gasteiger partial charge in [0.25, 0.3) is 0 Å². The topological polar surface area (TPSA) is 39.7 Å². The second kappa shape index (κ2) is 10.2. The quantitative estimate of drug-likeness (QED) is 0.552. The third kappa shape index (κ3) is 5.85. The second-order valence-corrected chi connectivity index (χ2v) is 6.35. The second-order valence-electron chi connectivity index (χ2n) is 5.50. The number of benzene rings is 2. The first-order valence-electron chi connectivity index (χ1n) is 8.72. The van der Waals surface area contributed by atoms with E-state index in [2.05, 4.69) is 34.2 Å². The maximum Gasteiger partial charge on any atom is 0.175 e. The normalized spacial score (nSPS) is 10.4. The minimum atomic E-state index is 0.602. The van der Waals surface area contributed by atoms with Gasteiger partial charge in [-0.05, 0) is 78.2 Å². The van der Waals surface area contributed by atoms with E-state index in [1.807, 2.05) is 44.2 Å². The number of hydrogen-bond acceptors (Lipinski definition) is 4. The Labute approximate surface area is 158 Å². The Morgan fingerprint density at radius 1 is 0.920 bits per heavy atom. The maximum absolute atomic E-state index is 5.82. The fourth-order valence-electron chi connectivity index (χ4n) is 2.37. The Kier molecular flexibility index (Phi) is 7.92. The maximum atomic E-state index is 5.82. The average molecular weight is 408 g/mol. The van der Waals surface area contributed by atoms with E-state index in [9.17, 15) is 0 Å². The van der Waals surface area contributed by atoms with Crippen LogP contribution in [0.1, 0.15) is 32.8 Å². The standard InChI is InChI=1S/C20H26BrNO3/c1-4-11-25-20-18(21)12-15(13-19(20)24-6-3)14-22-16-7-9-17(10-8-16)23-5-2/h7-10,12-13,22H,4-6,11,14H2,1-3H3. The lowest BCUT2D eigenvalue weighted by molar-refractivity contribution is 0.275. The molecule has 0 radical (unpaired) electrons. The zero-order valence-corrected chi connectivity index (χ0v) is 16.7. The average Bonchev–Trinajstić information content (AvgIpc) is 2.61. The molecule has 2 rings (SSSR count). The van der Waals surface area contributed by atoms with E-state index >= 15 is 0 Å². The molecule has 0 fully saturated rings. The first kappa shape index (κ1) is 19.4. The van der Waals surface area contributed by atoms with Gasteiger partial charge >= 0.3 is 0 Å². The Morgan fingerprint density at radius 2 is 1.64 bits per heavy atom. The van der Waals surface area contributed by atoms with Gasteiger partial charge < -0.3 is 19.5 Å². The van der Waals surface area contributed by atoms with Crippen LogP contribution >= 0.6 is 15.9 Å². The Hall–Kier alpha value is -1.88. The van der Waals surface area contributed by atoms with E-state index in [0.29, 0.717) is 26.4 Å². The van der Waals surface area contributed by atoms with Crippen molar-refractivity contribution < 1.29 is 14.2 Å². The van der Waals surface area contributed by atoms with Crippen molar-refractivity contribution in [2.24, 2.45) is 0 Å². The predicted octanol–water partition coefficient (Wildman–Crippen LogP) is 5.65. The molecule has 0 aliphatic rings. The number of rotatable bonds is 10. The lowest BCUT2D eigenvalue weighted by Gasteiger charge is -2.16. The van der Waals surface area contributed by atoms with E-state index < -0.39 is 0 Å². The van der Waals surface area contributed by atoms with Crippen LogP contribution < -0.4 is 19.5 Å². The number of hydrogen-bond donors (Lipinski definition) is 1. The van der Waals surface area contributed by atoms with Crippen LogP contribution in [0.25, 0.3) is 0 Å². The van der Waals surface area contributed by atoms with Gasteiger partial charge in [0.15, 0.2) is 11.5 Å². The Bertz CT molecular complexity index is 659. The van der Waals surface area contributed by atoms with Crippen LogP contribution in [0, 0.1) is 0 Å². The SMILES string of the molecule is CCCOc1c(Br)cc(CNc2ccc(OCC)cc2)cc1OCC. The van der Waals surface area contributed by atoms with Gasteiger partial charge in [0.2, 0.25) is 0 Å². The van der Waals surface area contributed by atoms with Crippen LogP contribution in [-0.4, -0.2) is 19.8 Å². The summed E-state index contributed by atoms with van der Waals surface area (Å²) in [4.78, 5) is 0. The molecule has 136 valence electrons. The summed E-state index contributed by atoms with van der Waals surface area (Å²) in [6.45, 7) is 8.68. The molecule has 0 aliphatic heterocycles. The molecular weight excluding hydrogens is 382 g/mol. The van der Waals surface area contributed by atoms with Crippen molar-refractivity contribution in [1.29, 1.82) is 0 Å². The van der Waals surface area contributed by atoms with Crippen LogP contribution in [-0.2, 0) is 6.54 Å². The van der Waals surface area contributed by atoms with Gasteiger partial charge in [0, 0.05) is 12.2 Å². The minimum Gasteiger partial charge on any atom is -0.494 e. The van der Waals surface area contributed by atoms with E-state index in [-0.39, 0.29) is 0 Å². The molecule has 0 atom stereocenters. The lowest BCUT2D eigenvalue weighted by Crippen LogP contribution is -2.04. The summed E-state index contributed by atoms with van der Waals surface area (Å²) >= 11 is 3.60. The van der Waals surface area contributed by atoms with Crippen molar-refractivity contribution in [3.8, 4) is 17.2 Å². The molecule has 0 aromatic heterocycles. The summed E-state index contributed by atoms with van der Waals surface area (Å²) in [5.41, 5.74) is 2.16. The summed E-state index contributed by atoms with van der Waals surface area (Å²) in [5.74, 6) is 2.43.